The number of pyridine rings is 2. The largest absolute Gasteiger partial charge is 0.417 e. The van der Waals surface area contributed by atoms with Gasteiger partial charge in [-0.2, -0.15) is 13.2 Å². The summed E-state index contributed by atoms with van der Waals surface area (Å²) in [6, 6.07) is 8.79. The Bertz CT molecular complexity index is 937. The Labute approximate surface area is 135 Å². The Balaban J connectivity index is 2.41. The fraction of sp³-hybridized carbons (Fsp3) is 0.118. The van der Waals surface area contributed by atoms with Crippen molar-refractivity contribution in [3.05, 3.63) is 59.3 Å². The highest BCUT2D eigenvalue weighted by molar-refractivity contribution is 5.98. The van der Waals surface area contributed by atoms with E-state index in [1.54, 1.807) is 18.2 Å². The molecule has 0 atom stereocenters. The first kappa shape index (κ1) is 15.9. The van der Waals surface area contributed by atoms with Crippen LogP contribution in [0, 0.1) is 6.92 Å². The second-order valence-corrected chi connectivity index (χ2v) is 5.27. The van der Waals surface area contributed by atoms with Gasteiger partial charge in [0.1, 0.15) is 0 Å². The van der Waals surface area contributed by atoms with Gasteiger partial charge in [0.25, 0.3) is 0 Å². The molecule has 0 saturated carbocycles. The molecule has 0 unspecified atom stereocenters. The molecule has 3 rings (SSSR count). The van der Waals surface area contributed by atoms with Gasteiger partial charge in [-0.3, -0.25) is 9.78 Å². The van der Waals surface area contributed by atoms with Gasteiger partial charge < -0.3 is 5.73 Å². The summed E-state index contributed by atoms with van der Waals surface area (Å²) < 4.78 is 40.9. The maximum absolute atomic E-state index is 13.6. The Morgan fingerprint density at radius 1 is 1.17 bits per heavy atom. The Morgan fingerprint density at radius 3 is 2.50 bits per heavy atom. The Morgan fingerprint density at radius 2 is 1.92 bits per heavy atom. The molecule has 0 aliphatic rings. The van der Waals surface area contributed by atoms with E-state index in [2.05, 4.69) is 9.97 Å². The van der Waals surface area contributed by atoms with E-state index in [-0.39, 0.29) is 27.7 Å². The third kappa shape index (κ3) is 2.68. The van der Waals surface area contributed by atoms with Gasteiger partial charge in [0, 0.05) is 17.1 Å². The van der Waals surface area contributed by atoms with E-state index in [1.807, 2.05) is 0 Å². The van der Waals surface area contributed by atoms with E-state index >= 15 is 0 Å². The van der Waals surface area contributed by atoms with E-state index < -0.39 is 17.6 Å². The van der Waals surface area contributed by atoms with Crippen molar-refractivity contribution in [1.29, 1.82) is 0 Å². The van der Waals surface area contributed by atoms with Gasteiger partial charge >= 0.3 is 6.18 Å². The molecule has 3 aromatic rings. The van der Waals surface area contributed by atoms with Crippen molar-refractivity contribution in [2.45, 2.75) is 13.1 Å². The summed E-state index contributed by atoms with van der Waals surface area (Å²) in [7, 11) is 0. The molecule has 2 aromatic heterocycles. The van der Waals surface area contributed by atoms with E-state index in [9.17, 15) is 18.0 Å². The maximum atomic E-state index is 13.6. The number of rotatable bonds is 2. The number of carbonyl (C=O) groups excluding carboxylic acids is 1. The van der Waals surface area contributed by atoms with Gasteiger partial charge in [-0.15, -0.1) is 0 Å². The third-order valence-corrected chi connectivity index (χ3v) is 3.70. The number of hydrogen-bond donors (Lipinski definition) is 1. The highest BCUT2D eigenvalue weighted by Gasteiger charge is 2.36. The first-order chi connectivity index (χ1) is 11.3. The van der Waals surface area contributed by atoms with Crippen LogP contribution in [0.15, 0.2) is 42.6 Å². The molecule has 1 amide bonds. The van der Waals surface area contributed by atoms with Crippen LogP contribution in [0.25, 0.3) is 22.3 Å². The number of carbonyl (C=O) groups is 1. The Kier molecular flexibility index (Phi) is 3.71. The number of hydrogen-bond acceptors (Lipinski definition) is 3. The number of fused-ring (bicyclic) bond motifs is 1. The van der Waals surface area contributed by atoms with Crippen molar-refractivity contribution in [3.63, 3.8) is 0 Å². The molecule has 0 spiro atoms. The van der Waals surface area contributed by atoms with Crippen LogP contribution in [-0.2, 0) is 6.18 Å². The van der Waals surface area contributed by atoms with Crippen molar-refractivity contribution in [3.8, 4) is 11.4 Å². The minimum atomic E-state index is -4.61. The normalized spacial score (nSPS) is 11.7. The molecule has 0 aliphatic carbocycles. The van der Waals surface area contributed by atoms with Crippen LogP contribution < -0.4 is 5.73 Å². The fourth-order valence-electron chi connectivity index (χ4n) is 2.63. The molecule has 0 aliphatic heterocycles. The molecule has 1 aromatic carbocycles. The highest BCUT2D eigenvalue weighted by atomic mass is 19.4. The van der Waals surface area contributed by atoms with Crippen LogP contribution in [0.4, 0.5) is 13.2 Å². The molecule has 24 heavy (non-hydrogen) atoms. The molecule has 4 nitrogen and oxygen atoms in total. The van der Waals surface area contributed by atoms with Crippen molar-refractivity contribution in [2.24, 2.45) is 5.73 Å². The van der Waals surface area contributed by atoms with Gasteiger partial charge in [-0.1, -0.05) is 6.07 Å². The van der Waals surface area contributed by atoms with Gasteiger partial charge in [0.15, 0.2) is 0 Å². The van der Waals surface area contributed by atoms with E-state index in [1.165, 1.54) is 25.3 Å². The lowest BCUT2D eigenvalue weighted by Crippen LogP contribution is -2.14. The first-order valence-corrected chi connectivity index (χ1v) is 7.02. The fourth-order valence-corrected chi connectivity index (χ4v) is 2.63. The summed E-state index contributed by atoms with van der Waals surface area (Å²) in [5, 5.41) is -0.156. The summed E-state index contributed by atoms with van der Waals surface area (Å²) in [4.78, 5) is 19.7. The van der Waals surface area contributed by atoms with Crippen LogP contribution >= 0.6 is 0 Å². The number of nitrogens with zero attached hydrogens (tertiary/aromatic N) is 2. The van der Waals surface area contributed by atoms with Crippen LogP contribution in [0.2, 0.25) is 0 Å². The second kappa shape index (κ2) is 5.59. The third-order valence-electron chi connectivity index (χ3n) is 3.70. The summed E-state index contributed by atoms with van der Waals surface area (Å²) in [5.41, 5.74) is 4.92. The number of nitrogens with two attached hydrogens (primary N) is 1. The van der Waals surface area contributed by atoms with Crippen molar-refractivity contribution in [1.82, 2.24) is 9.97 Å². The van der Waals surface area contributed by atoms with Crippen LogP contribution in [0.3, 0.4) is 0 Å². The lowest BCUT2D eigenvalue weighted by Gasteiger charge is -2.17. The zero-order valence-electron chi connectivity index (χ0n) is 12.6. The van der Waals surface area contributed by atoms with Crippen molar-refractivity contribution >= 4 is 16.8 Å². The standard InChI is InChI=1S/C17H12F3N3O/c1-9-14(17(18,19)20)11-8-10(16(21)24)5-6-12(11)23-15(9)13-4-2-3-7-22-13/h2-8H,1H3,(H2,21,24). The zero-order chi connectivity index (χ0) is 17.5. The number of benzene rings is 1. The maximum Gasteiger partial charge on any atom is 0.417 e. The average Bonchev–Trinajstić information content (AvgIpc) is 2.53. The van der Waals surface area contributed by atoms with Crippen molar-refractivity contribution in [2.75, 3.05) is 0 Å². The first-order valence-electron chi connectivity index (χ1n) is 7.02. The summed E-state index contributed by atoms with van der Waals surface area (Å²) in [5.74, 6) is -0.795. The molecule has 0 saturated heterocycles. The number of primary amides is 1. The minimum Gasteiger partial charge on any atom is -0.366 e. The van der Waals surface area contributed by atoms with E-state index in [0.717, 1.165) is 6.07 Å². The van der Waals surface area contributed by atoms with Crippen LogP contribution in [-0.4, -0.2) is 15.9 Å². The molecule has 0 radical (unpaired) electrons. The highest BCUT2D eigenvalue weighted by Crippen LogP contribution is 2.40. The predicted octanol–water partition coefficient (Wildman–Crippen LogP) is 3.72. The number of amides is 1. The lowest BCUT2D eigenvalue weighted by molar-refractivity contribution is -0.136. The smallest absolute Gasteiger partial charge is 0.366 e. The van der Waals surface area contributed by atoms with E-state index in [4.69, 9.17) is 5.73 Å². The molecule has 0 fully saturated rings. The Hall–Kier alpha value is -2.96. The number of halogens is 3. The lowest BCUT2D eigenvalue weighted by atomic mass is 9.97. The summed E-state index contributed by atoms with van der Waals surface area (Å²) in [6.07, 6.45) is -3.12. The van der Waals surface area contributed by atoms with Gasteiger partial charge in [0.05, 0.1) is 22.5 Å². The quantitative estimate of drug-likeness (QED) is 0.778. The van der Waals surface area contributed by atoms with Crippen molar-refractivity contribution < 1.29 is 18.0 Å². The monoisotopic (exact) mass is 331 g/mol. The molecule has 0 bridgehead atoms. The minimum absolute atomic E-state index is 0.000198. The van der Waals surface area contributed by atoms with Gasteiger partial charge in [-0.05, 0) is 42.8 Å². The zero-order valence-corrected chi connectivity index (χ0v) is 12.6. The average molecular weight is 331 g/mol. The molecule has 7 heteroatoms. The van der Waals surface area contributed by atoms with Gasteiger partial charge in [-0.25, -0.2) is 4.98 Å². The molecule has 122 valence electrons. The number of aromatic nitrogens is 2. The topological polar surface area (TPSA) is 68.9 Å². The van der Waals surface area contributed by atoms with Crippen LogP contribution in [0.5, 0.6) is 0 Å². The molecular formula is C17H12F3N3O. The second-order valence-electron chi connectivity index (χ2n) is 5.27. The van der Waals surface area contributed by atoms with E-state index in [0.29, 0.717) is 5.69 Å². The van der Waals surface area contributed by atoms with Gasteiger partial charge in [0.2, 0.25) is 5.91 Å². The predicted molar refractivity (Wildman–Crippen MR) is 83.2 cm³/mol. The summed E-state index contributed by atoms with van der Waals surface area (Å²) in [6.45, 7) is 1.34. The molecule has 2 N–H and O–H groups in total. The molecule has 2 heterocycles. The SMILES string of the molecule is Cc1c(-c2ccccn2)nc2ccc(C(N)=O)cc2c1C(F)(F)F. The number of alkyl halides is 3. The molecular weight excluding hydrogens is 319 g/mol. The summed E-state index contributed by atoms with van der Waals surface area (Å²) >= 11 is 0. The van der Waals surface area contributed by atoms with Crippen LogP contribution in [0.1, 0.15) is 21.5 Å².